The predicted octanol–water partition coefficient (Wildman–Crippen LogP) is 2.65. The molecule has 1 aromatic carbocycles. The lowest BCUT2D eigenvalue weighted by atomic mass is 10.4. The molecule has 0 aliphatic rings. The molecule has 0 aliphatic heterocycles. The molecule has 1 aromatic rings. The van der Waals surface area contributed by atoms with Crippen molar-refractivity contribution in [3.63, 3.8) is 0 Å². The number of hydrogen-bond donors (Lipinski definition) is 1. The standard InChI is InChI=1S/C6H4Cl2.HNO3/c7-5-1-2-6(8)4-3-5;2-1(3)4/h1-4H;(H,2,3,4). The highest BCUT2D eigenvalue weighted by molar-refractivity contribution is 6.32. The van der Waals surface area contributed by atoms with Gasteiger partial charge in [-0.15, -0.1) is 10.1 Å². The van der Waals surface area contributed by atoms with E-state index in [0.29, 0.717) is 0 Å². The Kier molecular flexibility index (Phi) is 5.16. The van der Waals surface area contributed by atoms with Crippen molar-refractivity contribution in [2.75, 3.05) is 0 Å². The van der Waals surface area contributed by atoms with Crippen molar-refractivity contribution in [1.82, 2.24) is 0 Å². The molecule has 6 heteroatoms. The summed E-state index contributed by atoms with van der Waals surface area (Å²) in [5.41, 5.74) is 0. The first kappa shape index (κ1) is 11.0. The number of hydrogen-bond acceptors (Lipinski definition) is 2. The fourth-order valence-corrected chi connectivity index (χ4v) is 0.682. The van der Waals surface area contributed by atoms with Gasteiger partial charge in [-0.3, -0.25) is 0 Å². The van der Waals surface area contributed by atoms with Crippen LogP contribution in [0.25, 0.3) is 0 Å². The molecule has 0 saturated heterocycles. The highest BCUT2D eigenvalue weighted by Crippen LogP contribution is 2.12. The molecule has 1 N–H and O–H groups in total. The van der Waals surface area contributed by atoms with Crippen LogP contribution >= 0.6 is 23.2 Å². The van der Waals surface area contributed by atoms with Crippen LogP contribution in [0, 0.1) is 10.1 Å². The monoisotopic (exact) mass is 209 g/mol. The van der Waals surface area contributed by atoms with E-state index in [1.54, 1.807) is 24.3 Å². The van der Waals surface area contributed by atoms with Gasteiger partial charge >= 0.3 is 0 Å². The van der Waals surface area contributed by atoms with Crippen molar-refractivity contribution in [3.05, 3.63) is 44.4 Å². The predicted molar refractivity (Wildman–Crippen MR) is 45.2 cm³/mol. The molecule has 0 atom stereocenters. The van der Waals surface area contributed by atoms with Gasteiger partial charge in [0.15, 0.2) is 0 Å². The van der Waals surface area contributed by atoms with Gasteiger partial charge in [0.05, 0.1) is 0 Å². The Labute approximate surface area is 78.4 Å². The third-order valence-corrected chi connectivity index (χ3v) is 1.31. The molecule has 0 fully saturated rings. The van der Waals surface area contributed by atoms with E-state index < -0.39 is 5.09 Å². The van der Waals surface area contributed by atoms with E-state index in [-0.39, 0.29) is 0 Å². The second-order valence-corrected chi connectivity index (χ2v) is 2.55. The highest BCUT2D eigenvalue weighted by Gasteiger charge is 1.83. The molecule has 0 amide bonds. The quantitative estimate of drug-likeness (QED) is 0.528. The van der Waals surface area contributed by atoms with Crippen LogP contribution < -0.4 is 0 Å². The Morgan fingerprint density at radius 1 is 1.17 bits per heavy atom. The fourth-order valence-electron chi connectivity index (χ4n) is 0.430. The van der Waals surface area contributed by atoms with E-state index >= 15 is 0 Å². The molecule has 0 heterocycles. The molecular weight excluding hydrogens is 205 g/mol. The molecule has 1 rings (SSSR count). The fraction of sp³-hybridized carbons (Fsp3) is 0. The first-order valence-electron chi connectivity index (χ1n) is 2.76. The summed E-state index contributed by atoms with van der Waals surface area (Å²) in [6.07, 6.45) is 0. The summed E-state index contributed by atoms with van der Waals surface area (Å²) in [7, 11) is 0. The maximum absolute atomic E-state index is 8.36. The number of nitrogens with zero attached hydrogens (tertiary/aromatic N) is 1. The summed E-state index contributed by atoms with van der Waals surface area (Å²) < 4.78 is 0. The third-order valence-electron chi connectivity index (χ3n) is 0.804. The Bertz CT molecular complexity index is 224. The van der Waals surface area contributed by atoms with Crippen molar-refractivity contribution in [2.45, 2.75) is 0 Å². The van der Waals surface area contributed by atoms with Crippen molar-refractivity contribution in [2.24, 2.45) is 0 Å². The normalized spacial score (nSPS) is 8.17. The molecule has 4 nitrogen and oxygen atoms in total. The first-order chi connectivity index (χ1) is 5.52. The van der Waals surface area contributed by atoms with Crippen LogP contribution in [0.15, 0.2) is 24.3 Å². The maximum Gasteiger partial charge on any atom is 0.291 e. The van der Waals surface area contributed by atoms with Gasteiger partial charge in [-0.2, -0.15) is 0 Å². The Morgan fingerprint density at radius 3 is 1.50 bits per heavy atom. The number of halogens is 2. The lowest BCUT2D eigenvalue weighted by Crippen LogP contribution is -1.81. The molecule has 0 bridgehead atoms. The number of benzene rings is 1. The second kappa shape index (κ2) is 5.62. The summed E-state index contributed by atoms with van der Waals surface area (Å²) in [5.74, 6) is 0. The van der Waals surface area contributed by atoms with Crippen molar-refractivity contribution in [3.8, 4) is 0 Å². The third kappa shape index (κ3) is 7.11. The zero-order chi connectivity index (χ0) is 9.56. The lowest BCUT2D eigenvalue weighted by molar-refractivity contribution is -0.742. The summed E-state index contributed by atoms with van der Waals surface area (Å²) in [4.78, 5) is 8.36. The molecule has 0 aliphatic carbocycles. The average molecular weight is 210 g/mol. The van der Waals surface area contributed by atoms with Gasteiger partial charge in [0.2, 0.25) is 0 Å². The van der Waals surface area contributed by atoms with E-state index in [1.807, 2.05) is 0 Å². The minimum absolute atomic E-state index is 0.717. The van der Waals surface area contributed by atoms with Gasteiger partial charge in [0, 0.05) is 10.0 Å². The van der Waals surface area contributed by atoms with Crippen LogP contribution in [0.2, 0.25) is 10.0 Å². The van der Waals surface area contributed by atoms with Gasteiger partial charge < -0.3 is 5.21 Å². The molecule has 0 saturated carbocycles. The minimum Gasteiger partial charge on any atom is -0.328 e. The van der Waals surface area contributed by atoms with E-state index in [9.17, 15) is 0 Å². The largest absolute Gasteiger partial charge is 0.328 e. The van der Waals surface area contributed by atoms with Gasteiger partial charge in [-0.05, 0) is 24.3 Å². The van der Waals surface area contributed by atoms with Gasteiger partial charge in [0.1, 0.15) is 0 Å². The minimum atomic E-state index is -1.50. The van der Waals surface area contributed by atoms with Gasteiger partial charge in [-0.1, -0.05) is 23.2 Å². The van der Waals surface area contributed by atoms with E-state index in [2.05, 4.69) is 0 Å². The second-order valence-electron chi connectivity index (χ2n) is 1.67. The zero-order valence-electron chi connectivity index (χ0n) is 5.78. The Balaban J connectivity index is 0.000000261. The topological polar surface area (TPSA) is 63.4 Å². The van der Waals surface area contributed by atoms with Crippen LogP contribution in [0.5, 0.6) is 0 Å². The highest BCUT2D eigenvalue weighted by atomic mass is 35.5. The van der Waals surface area contributed by atoms with Crippen molar-refractivity contribution in [1.29, 1.82) is 0 Å². The molecule has 66 valence electrons. The molecule has 0 spiro atoms. The van der Waals surface area contributed by atoms with E-state index in [4.69, 9.17) is 38.5 Å². The van der Waals surface area contributed by atoms with Crippen LogP contribution in [0.3, 0.4) is 0 Å². The smallest absolute Gasteiger partial charge is 0.291 e. The molecule has 12 heavy (non-hydrogen) atoms. The molecule has 0 unspecified atom stereocenters. The molecular formula is C6H5Cl2NO3. The zero-order valence-corrected chi connectivity index (χ0v) is 7.29. The maximum atomic E-state index is 8.36. The van der Waals surface area contributed by atoms with E-state index in [1.165, 1.54) is 0 Å². The van der Waals surface area contributed by atoms with Crippen molar-refractivity contribution >= 4 is 23.2 Å². The molecule has 0 aromatic heterocycles. The summed E-state index contributed by atoms with van der Waals surface area (Å²) in [5, 5.41) is 15.1. The van der Waals surface area contributed by atoms with Gasteiger partial charge in [0.25, 0.3) is 5.09 Å². The Hall–Kier alpha value is -1.00. The SMILES string of the molecule is Clc1ccc(Cl)cc1.O=[N+]([O-])O. The van der Waals surface area contributed by atoms with Crippen LogP contribution in [0.1, 0.15) is 0 Å². The first-order valence-corrected chi connectivity index (χ1v) is 3.52. The van der Waals surface area contributed by atoms with Crippen LogP contribution in [-0.4, -0.2) is 10.3 Å². The summed E-state index contributed by atoms with van der Waals surface area (Å²) in [6, 6.07) is 7.02. The molecule has 0 radical (unpaired) electrons. The summed E-state index contributed by atoms with van der Waals surface area (Å²) >= 11 is 11.1. The average Bonchev–Trinajstić information content (AvgIpc) is 1.94. The van der Waals surface area contributed by atoms with Crippen LogP contribution in [-0.2, 0) is 0 Å². The summed E-state index contributed by atoms with van der Waals surface area (Å²) in [6.45, 7) is 0. The van der Waals surface area contributed by atoms with E-state index in [0.717, 1.165) is 10.0 Å². The van der Waals surface area contributed by atoms with Gasteiger partial charge in [-0.25, -0.2) is 0 Å². The van der Waals surface area contributed by atoms with Crippen molar-refractivity contribution < 1.29 is 10.3 Å². The Morgan fingerprint density at radius 2 is 1.33 bits per heavy atom. The lowest BCUT2D eigenvalue weighted by Gasteiger charge is -1.86. The van der Waals surface area contributed by atoms with Crippen LogP contribution in [0.4, 0.5) is 0 Å². The number of rotatable bonds is 0.